The lowest BCUT2D eigenvalue weighted by Gasteiger charge is -2.26. The molecule has 0 heterocycles. The number of carboxylic acids is 1. The molecule has 3 amide bonds. The highest BCUT2D eigenvalue weighted by atomic mass is 35.5. The summed E-state index contributed by atoms with van der Waals surface area (Å²) in [6.07, 6.45) is 4.45. The van der Waals surface area contributed by atoms with Crippen molar-refractivity contribution in [1.29, 1.82) is 0 Å². The average Bonchev–Trinajstić information content (AvgIpc) is 2.99. The number of amides is 3. The number of carboxylic acid groups (broad SMARTS) is 1. The van der Waals surface area contributed by atoms with Crippen molar-refractivity contribution in [3.05, 3.63) is 99.0 Å². The van der Waals surface area contributed by atoms with E-state index in [1.54, 1.807) is 47.4 Å². The normalized spacial score (nSPS) is 14.2. The Kier molecular flexibility index (Phi) is 10.6. The number of halogens is 2. The highest BCUT2D eigenvalue weighted by Crippen LogP contribution is 2.33. The number of carbonyl (C=O) groups is 3. The van der Waals surface area contributed by atoms with Gasteiger partial charge in [0.25, 0.3) is 5.91 Å². The molecule has 8 nitrogen and oxygen atoms in total. The molecule has 0 spiro atoms. The number of nitrogens with one attached hydrogen (secondary N) is 2. The van der Waals surface area contributed by atoms with Crippen LogP contribution in [0, 0.1) is 0 Å². The monoisotopic (exact) mass is 597 g/mol. The van der Waals surface area contributed by atoms with Crippen molar-refractivity contribution in [3.63, 3.8) is 0 Å². The number of urea groups is 1. The molecule has 3 aromatic rings. The fourth-order valence-electron chi connectivity index (χ4n) is 4.89. The molecule has 0 aliphatic heterocycles. The maximum Gasteiger partial charge on any atom is 0.334 e. The number of anilines is 1. The zero-order valence-electron chi connectivity index (χ0n) is 22.5. The van der Waals surface area contributed by atoms with Gasteiger partial charge in [0.05, 0.1) is 23.1 Å². The van der Waals surface area contributed by atoms with E-state index in [1.165, 1.54) is 37.7 Å². The van der Waals surface area contributed by atoms with Crippen LogP contribution >= 0.6 is 23.2 Å². The van der Waals surface area contributed by atoms with Crippen molar-refractivity contribution in [2.24, 2.45) is 0 Å². The number of aliphatic hydroxyl groups excluding tert-OH is 1. The zero-order valence-corrected chi connectivity index (χ0v) is 24.0. The van der Waals surface area contributed by atoms with E-state index in [0.717, 1.165) is 16.8 Å². The van der Waals surface area contributed by atoms with Crippen LogP contribution in [0.3, 0.4) is 0 Å². The third-order valence-electron chi connectivity index (χ3n) is 7.25. The highest BCUT2D eigenvalue weighted by Gasteiger charge is 2.20. The summed E-state index contributed by atoms with van der Waals surface area (Å²) in [6.45, 7) is 0.100. The molecule has 1 fully saturated rings. The molecule has 0 saturated heterocycles. The Morgan fingerprint density at radius 3 is 2.15 bits per heavy atom. The SMILES string of the molecule is O=C(NC[C@@H](O)C(=O)O)c1ccc(CN(C(=O)NCc2ccc(Cl)c(Cl)c2)c2ccc(C3CCCCC3)cc2)cc1. The molecular formula is C31H33Cl2N3O5. The minimum Gasteiger partial charge on any atom is -0.479 e. The molecule has 41 heavy (non-hydrogen) atoms. The standard InChI is InChI=1S/C31H33Cl2N3O5/c32-26-15-8-21(16-27(26)33)17-35-31(41)36(25-13-11-23(12-14-25)22-4-2-1-3-5-22)19-20-6-9-24(10-7-20)29(38)34-18-28(37)30(39)40/h6-16,22,28,37H,1-5,17-19H2,(H,34,38)(H,35,41)(H,39,40)/t28-/m1/s1. The van der Waals surface area contributed by atoms with E-state index in [4.69, 9.17) is 28.3 Å². The van der Waals surface area contributed by atoms with Crippen molar-refractivity contribution in [1.82, 2.24) is 10.6 Å². The molecule has 1 saturated carbocycles. The van der Waals surface area contributed by atoms with Crippen molar-refractivity contribution in [2.45, 2.75) is 57.2 Å². The molecule has 10 heteroatoms. The van der Waals surface area contributed by atoms with Crippen molar-refractivity contribution in [3.8, 4) is 0 Å². The quantitative estimate of drug-likeness (QED) is 0.224. The van der Waals surface area contributed by atoms with E-state index in [2.05, 4.69) is 22.8 Å². The minimum atomic E-state index is -1.68. The Hall–Kier alpha value is -3.59. The first-order valence-electron chi connectivity index (χ1n) is 13.6. The Morgan fingerprint density at radius 2 is 1.51 bits per heavy atom. The molecule has 216 valence electrons. The fraction of sp³-hybridized carbons (Fsp3) is 0.323. The third kappa shape index (κ3) is 8.45. The van der Waals surface area contributed by atoms with Gasteiger partial charge in [-0.3, -0.25) is 9.69 Å². The van der Waals surface area contributed by atoms with Crippen LogP contribution in [0.1, 0.15) is 65.1 Å². The van der Waals surface area contributed by atoms with Gasteiger partial charge in [-0.15, -0.1) is 0 Å². The molecular weight excluding hydrogens is 565 g/mol. The number of hydrogen-bond donors (Lipinski definition) is 4. The van der Waals surface area contributed by atoms with E-state index in [0.29, 0.717) is 21.5 Å². The molecule has 4 rings (SSSR count). The summed E-state index contributed by atoms with van der Waals surface area (Å²) in [5, 5.41) is 24.4. The number of hydrogen-bond acceptors (Lipinski definition) is 4. The first kappa shape index (κ1) is 30.4. The lowest BCUT2D eigenvalue weighted by molar-refractivity contribution is -0.146. The Balaban J connectivity index is 1.49. The molecule has 0 radical (unpaired) electrons. The second-order valence-electron chi connectivity index (χ2n) is 10.2. The maximum absolute atomic E-state index is 13.5. The molecule has 1 aliphatic carbocycles. The van der Waals surface area contributed by atoms with Crippen LogP contribution in [0.25, 0.3) is 0 Å². The average molecular weight is 599 g/mol. The first-order chi connectivity index (χ1) is 19.7. The highest BCUT2D eigenvalue weighted by molar-refractivity contribution is 6.42. The summed E-state index contributed by atoms with van der Waals surface area (Å²) < 4.78 is 0. The minimum absolute atomic E-state index is 0.246. The predicted molar refractivity (Wildman–Crippen MR) is 160 cm³/mol. The van der Waals surface area contributed by atoms with Gasteiger partial charge >= 0.3 is 12.0 Å². The summed E-state index contributed by atoms with van der Waals surface area (Å²) in [7, 11) is 0. The molecule has 1 atom stereocenters. The number of aliphatic hydroxyl groups is 1. The van der Waals surface area contributed by atoms with Gasteiger partial charge in [0.15, 0.2) is 6.10 Å². The Morgan fingerprint density at radius 1 is 0.854 bits per heavy atom. The van der Waals surface area contributed by atoms with Gasteiger partial charge < -0.3 is 20.8 Å². The topological polar surface area (TPSA) is 119 Å². The molecule has 0 bridgehead atoms. The lowest BCUT2D eigenvalue weighted by Crippen LogP contribution is -2.39. The Bertz CT molecular complexity index is 1360. The molecule has 1 aliphatic rings. The van der Waals surface area contributed by atoms with Crippen LogP contribution in [0.15, 0.2) is 66.7 Å². The molecule has 4 N–H and O–H groups in total. The van der Waals surface area contributed by atoms with Crippen LogP contribution in [0.5, 0.6) is 0 Å². The van der Waals surface area contributed by atoms with Crippen LogP contribution in [0.4, 0.5) is 10.5 Å². The number of carbonyl (C=O) groups excluding carboxylic acids is 2. The van der Waals surface area contributed by atoms with E-state index >= 15 is 0 Å². The van der Waals surface area contributed by atoms with Crippen LogP contribution < -0.4 is 15.5 Å². The fourth-order valence-corrected chi connectivity index (χ4v) is 5.21. The van der Waals surface area contributed by atoms with Crippen molar-refractivity contribution >= 4 is 46.8 Å². The van der Waals surface area contributed by atoms with Crippen LogP contribution in [0.2, 0.25) is 10.0 Å². The van der Waals surface area contributed by atoms with E-state index < -0.39 is 24.5 Å². The first-order valence-corrected chi connectivity index (χ1v) is 14.3. The van der Waals surface area contributed by atoms with Gasteiger partial charge in [-0.1, -0.05) is 72.8 Å². The maximum atomic E-state index is 13.5. The number of benzene rings is 3. The van der Waals surface area contributed by atoms with Crippen molar-refractivity contribution in [2.75, 3.05) is 11.4 Å². The third-order valence-corrected chi connectivity index (χ3v) is 7.99. The number of aliphatic carboxylic acids is 1. The second kappa shape index (κ2) is 14.3. The zero-order chi connectivity index (χ0) is 29.4. The van der Waals surface area contributed by atoms with Gasteiger partial charge in [-0.2, -0.15) is 0 Å². The van der Waals surface area contributed by atoms with E-state index in [1.807, 2.05) is 12.1 Å². The molecule has 0 unspecified atom stereocenters. The number of rotatable bonds is 10. The summed E-state index contributed by atoms with van der Waals surface area (Å²) in [5.41, 5.74) is 3.92. The van der Waals surface area contributed by atoms with Gasteiger partial charge in [0.1, 0.15) is 0 Å². The van der Waals surface area contributed by atoms with E-state index in [9.17, 15) is 19.5 Å². The van der Waals surface area contributed by atoms with Gasteiger partial charge in [-0.05, 0) is 71.8 Å². The van der Waals surface area contributed by atoms with Gasteiger partial charge in [0, 0.05) is 17.8 Å². The summed E-state index contributed by atoms with van der Waals surface area (Å²) in [5.74, 6) is -1.37. The summed E-state index contributed by atoms with van der Waals surface area (Å²) in [4.78, 5) is 38.2. The van der Waals surface area contributed by atoms with Gasteiger partial charge in [0.2, 0.25) is 0 Å². The lowest BCUT2D eigenvalue weighted by atomic mass is 9.84. The molecule has 3 aromatic carbocycles. The largest absolute Gasteiger partial charge is 0.479 e. The summed E-state index contributed by atoms with van der Waals surface area (Å²) in [6, 6.07) is 19.7. The number of nitrogens with zero attached hydrogens (tertiary/aromatic N) is 1. The smallest absolute Gasteiger partial charge is 0.334 e. The second-order valence-corrected chi connectivity index (χ2v) is 11.0. The molecule has 0 aromatic heterocycles. The van der Waals surface area contributed by atoms with E-state index in [-0.39, 0.29) is 19.1 Å². The van der Waals surface area contributed by atoms with Crippen LogP contribution in [-0.2, 0) is 17.9 Å². The van der Waals surface area contributed by atoms with Crippen molar-refractivity contribution < 1.29 is 24.6 Å². The van der Waals surface area contributed by atoms with Crippen LogP contribution in [-0.4, -0.2) is 40.8 Å². The Labute approximate surface area is 249 Å². The van der Waals surface area contributed by atoms with Gasteiger partial charge in [-0.25, -0.2) is 9.59 Å². The summed E-state index contributed by atoms with van der Waals surface area (Å²) >= 11 is 12.2. The predicted octanol–water partition coefficient (Wildman–Crippen LogP) is 6.13.